The van der Waals surface area contributed by atoms with Crippen LogP contribution in [-0.4, -0.2) is 30.7 Å². The van der Waals surface area contributed by atoms with Crippen LogP contribution in [-0.2, 0) is 11.3 Å². The Bertz CT molecular complexity index is 918. The normalized spacial score (nSPS) is 19.4. The Kier molecular flexibility index (Phi) is 3.89. The van der Waals surface area contributed by atoms with Gasteiger partial charge in [0.05, 0.1) is 12.7 Å². The Morgan fingerprint density at radius 2 is 2.00 bits per heavy atom. The molecule has 0 amide bonds. The standard InChI is InChI=1S/C19H19NO2S/c1-13-11-20(8-9-22-13)12-14-6-7-16-18(10-14)23-17-5-3-2-4-15(17)19(16)21/h2-7,10,13H,8-9,11-12H2,1H3. The minimum atomic E-state index is 0.140. The lowest BCUT2D eigenvalue weighted by molar-refractivity contribution is -0.0211. The van der Waals surface area contributed by atoms with Gasteiger partial charge in [0, 0.05) is 39.8 Å². The van der Waals surface area contributed by atoms with E-state index in [0.29, 0.717) is 6.10 Å². The van der Waals surface area contributed by atoms with Crippen molar-refractivity contribution in [1.82, 2.24) is 4.90 Å². The molecular weight excluding hydrogens is 306 g/mol. The highest BCUT2D eigenvalue weighted by atomic mass is 32.1. The minimum Gasteiger partial charge on any atom is -0.376 e. The third-order valence-electron chi connectivity index (χ3n) is 4.37. The molecule has 0 N–H and O–H groups in total. The van der Waals surface area contributed by atoms with Gasteiger partial charge in [0.1, 0.15) is 0 Å². The Morgan fingerprint density at radius 3 is 2.87 bits per heavy atom. The molecule has 3 aromatic rings. The summed E-state index contributed by atoms with van der Waals surface area (Å²) >= 11 is 1.70. The van der Waals surface area contributed by atoms with E-state index in [2.05, 4.69) is 24.0 Å². The molecule has 23 heavy (non-hydrogen) atoms. The van der Waals surface area contributed by atoms with Gasteiger partial charge in [0.2, 0.25) is 0 Å². The number of rotatable bonds is 2. The van der Waals surface area contributed by atoms with Crippen molar-refractivity contribution in [2.24, 2.45) is 0 Å². The van der Waals surface area contributed by atoms with Crippen LogP contribution in [0.5, 0.6) is 0 Å². The molecule has 0 aliphatic carbocycles. The quantitative estimate of drug-likeness (QED) is 0.674. The highest BCUT2D eigenvalue weighted by Gasteiger charge is 2.17. The van der Waals surface area contributed by atoms with Gasteiger partial charge in [-0.25, -0.2) is 0 Å². The topological polar surface area (TPSA) is 29.5 Å². The Hall–Kier alpha value is -1.75. The molecule has 0 radical (unpaired) electrons. The average Bonchev–Trinajstić information content (AvgIpc) is 2.55. The fourth-order valence-electron chi connectivity index (χ4n) is 3.24. The Balaban J connectivity index is 1.72. The summed E-state index contributed by atoms with van der Waals surface area (Å²) in [5.41, 5.74) is 1.40. The first-order chi connectivity index (χ1) is 11.2. The number of benzene rings is 2. The van der Waals surface area contributed by atoms with E-state index in [-0.39, 0.29) is 5.43 Å². The van der Waals surface area contributed by atoms with Gasteiger partial charge in [-0.2, -0.15) is 0 Å². The van der Waals surface area contributed by atoms with Gasteiger partial charge in [-0.3, -0.25) is 9.69 Å². The van der Waals surface area contributed by atoms with Crippen LogP contribution in [0.3, 0.4) is 0 Å². The van der Waals surface area contributed by atoms with Crippen LogP contribution in [0.1, 0.15) is 12.5 Å². The number of nitrogens with zero attached hydrogens (tertiary/aromatic N) is 1. The summed E-state index contributed by atoms with van der Waals surface area (Å²) in [6, 6.07) is 14.1. The van der Waals surface area contributed by atoms with Crippen LogP contribution in [0.15, 0.2) is 47.3 Å². The lowest BCUT2D eigenvalue weighted by Crippen LogP contribution is -2.40. The van der Waals surface area contributed by atoms with E-state index in [9.17, 15) is 4.79 Å². The predicted molar refractivity (Wildman–Crippen MR) is 96.3 cm³/mol. The highest BCUT2D eigenvalue weighted by molar-refractivity contribution is 7.24. The summed E-state index contributed by atoms with van der Waals surface area (Å²) in [5.74, 6) is 0. The van der Waals surface area contributed by atoms with E-state index >= 15 is 0 Å². The fraction of sp³-hybridized carbons (Fsp3) is 0.316. The van der Waals surface area contributed by atoms with Gasteiger partial charge in [0.25, 0.3) is 0 Å². The van der Waals surface area contributed by atoms with E-state index < -0.39 is 0 Å². The molecule has 1 aliphatic heterocycles. The fourth-order valence-corrected chi connectivity index (χ4v) is 4.37. The van der Waals surface area contributed by atoms with Crippen molar-refractivity contribution in [2.45, 2.75) is 19.6 Å². The zero-order chi connectivity index (χ0) is 15.8. The number of hydrogen-bond acceptors (Lipinski definition) is 4. The number of ether oxygens (including phenoxy) is 1. The molecule has 1 fully saturated rings. The lowest BCUT2D eigenvalue weighted by atomic mass is 10.1. The molecule has 4 heteroatoms. The van der Waals surface area contributed by atoms with Gasteiger partial charge < -0.3 is 4.74 Å². The molecule has 0 saturated carbocycles. The van der Waals surface area contributed by atoms with Crippen LogP contribution >= 0.6 is 11.3 Å². The first-order valence-electron chi connectivity index (χ1n) is 7.99. The predicted octanol–water partition coefficient (Wildman–Crippen LogP) is 3.64. The second-order valence-corrected chi connectivity index (χ2v) is 7.26. The maximum atomic E-state index is 12.6. The van der Waals surface area contributed by atoms with Gasteiger partial charge in [-0.1, -0.05) is 18.2 Å². The first-order valence-corrected chi connectivity index (χ1v) is 8.81. The first kappa shape index (κ1) is 14.8. The zero-order valence-corrected chi connectivity index (χ0v) is 13.9. The maximum Gasteiger partial charge on any atom is 0.195 e. The summed E-state index contributed by atoms with van der Waals surface area (Å²) in [7, 11) is 0. The summed E-state index contributed by atoms with van der Waals surface area (Å²) in [6.45, 7) is 5.76. The largest absolute Gasteiger partial charge is 0.376 e. The summed E-state index contributed by atoms with van der Waals surface area (Å²) in [4.78, 5) is 15.0. The van der Waals surface area contributed by atoms with Crippen molar-refractivity contribution >= 4 is 31.5 Å². The molecule has 4 rings (SSSR count). The molecule has 1 atom stereocenters. The second-order valence-electron chi connectivity index (χ2n) is 6.17. The molecule has 118 valence electrons. The highest BCUT2D eigenvalue weighted by Crippen LogP contribution is 2.25. The summed E-state index contributed by atoms with van der Waals surface area (Å²) < 4.78 is 7.73. The molecule has 1 unspecified atom stereocenters. The molecular formula is C19H19NO2S. The van der Waals surface area contributed by atoms with E-state index in [4.69, 9.17) is 4.74 Å². The van der Waals surface area contributed by atoms with Gasteiger partial charge in [-0.15, -0.1) is 11.3 Å². The van der Waals surface area contributed by atoms with Crippen LogP contribution in [0.25, 0.3) is 20.2 Å². The monoisotopic (exact) mass is 325 g/mol. The number of morpholine rings is 1. The van der Waals surface area contributed by atoms with Crippen molar-refractivity contribution < 1.29 is 4.74 Å². The van der Waals surface area contributed by atoms with E-state index in [1.807, 2.05) is 30.3 Å². The van der Waals surface area contributed by atoms with E-state index in [1.165, 1.54) is 5.56 Å². The van der Waals surface area contributed by atoms with Crippen molar-refractivity contribution in [3.8, 4) is 0 Å². The Morgan fingerprint density at radius 1 is 1.17 bits per heavy atom. The molecule has 2 aromatic carbocycles. The van der Waals surface area contributed by atoms with Crippen LogP contribution in [0, 0.1) is 0 Å². The summed E-state index contributed by atoms with van der Waals surface area (Å²) in [5, 5.41) is 1.65. The Labute approximate surface area is 139 Å². The SMILES string of the molecule is CC1CN(Cc2ccc3c(=O)c4ccccc4sc3c2)CCO1. The number of hydrogen-bond donors (Lipinski definition) is 0. The molecule has 0 bridgehead atoms. The van der Waals surface area contributed by atoms with Gasteiger partial charge in [-0.05, 0) is 36.8 Å². The molecule has 0 spiro atoms. The van der Waals surface area contributed by atoms with Crippen molar-refractivity contribution in [3.63, 3.8) is 0 Å². The third-order valence-corrected chi connectivity index (χ3v) is 5.51. The molecule has 1 aromatic heterocycles. The van der Waals surface area contributed by atoms with Gasteiger partial charge >= 0.3 is 0 Å². The maximum absolute atomic E-state index is 12.6. The molecule has 1 aliphatic rings. The average molecular weight is 325 g/mol. The van der Waals surface area contributed by atoms with Crippen molar-refractivity contribution in [3.05, 3.63) is 58.3 Å². The summed E-state index contributed by atoms with van der Waals surface area (Å²) in [6.07, 6.45) is 0.296. The van der Waals surface area contributed by atoms with E-state index in [0.717, 1.165) is 46.4 Å². The third kappa shape index (κ3) is 2.90. The smallest absolute Gasteiger partial charge is 0.195 e. The molecule has 2 heterocycles. The minimum absolute atomic E-state index is 0.140. The van der Waals surface area contributed by atoms with Crippen LogP contribution < -0.4 is 5.43 Å². The number of fused-ring (bicyclic) bond motifs is 2. The molecule has 1 saturated heterocycles. The lowest BCUT2D eigenvalue weighted by Gasteiger charge is -2.31. The zero-order valence-electron chi connectivity index (χ0n) is 13.1. The second kappa shape index (κ2) is 6.04. The van der Waals surface area contributed by atoms with Crippen molar-refractivity contribution in [1.29, 1.82) is 0 Å². The van der Waals surface area contributed by atoms with E-state index in [1.54, 1.807) is 11.3 Å². The van der Waals surface area contributed by atoms with Crippen LogP contribution in [0.2, 0.25) is 0 Å². The van der Waals surface area contributed by atoms with Crippen LogP contribution in [0.4, 0.5) is 0 Å². The van der Waals surface area contributed by atoms with Crippen molar-refractivity contribution in [2.75, 3.05) is 19.7 Å². The molecule has 3 nitrogen and oxygen atoms in total. The van der Waals surface area contributed by atoms with Gasteiger partial charge in [0.15, 0.2) is 5.43 Å².